The van der Waals surface area contributed by atoms with Crippen molar-refractivity contribution in [3.05, 3.63) is 40.8 Å². The van der Waals surface area contributed by atoms with Crippen molar-refractivity contribution in [2.24, 2.45) is 5.92 Å². The number of nitrogens with zero attached hydrogens (tertiary/aromatic N) is 1. The first-order valence-electron chi connectivity index (χ1n) is 6.91. The van der Waals surface area contributed by atoms with Crippen LogP contribution in [0.5, 0.6) is 0 Å². The lowest BCUT2D eigenvalue weighted by Gasteiger charge is -2.44. The molecule has 1 aromatic carbocycles. The van der Waals surface area contributed by atoms with Crippen molar-refractivity contribution in [1.29, 1.82) is 0 Å². The highest BCUT2D eigenvalue weighted by Gasteiger charge is 2.40. The van der Waals surface area contributed by atoms with E-state index in [4.69, 9.17) is 11.6 Å². The van der Waals surface area contributed by atoms with Gasteiger partial charge in [-0.25, -0.2) is 0 Å². The SMILES string of the molecule is C[C](C)CN1CCC(O)(c2ccc(Cl)cc2)C(C)C1. The Bertz CT molecular complexity index is 417. The van der Waals surface area contributed by atoms with Crippen LogP contribution in [-0.2, 0) is 5.60 Å². The standard InChI is InChI=1S/C16H23ClNO/c1-12(2)10-18-9-8-16(19,13(3)11-18)14-4-6-15(17)7-5-14/h4-7,13,19H,8-11H2,1-3H3. The fraction of sp³-hybridized carbons (Fsp3) is 0.562. The van der Waals surface area contributed by atoms with Gasteiger partial charge in [0.2, 0.25) is 0 Å². The summed E-state index contributed by atoms with van der Waals surface area (Å²) in [6.45, 7) is 9.35. The van der Waals surface area contributed by atoms with Crippen LogP contribution in [0.4, 0.5) is 0 Å². The molecular weight excluding hydrogens is 258 g/mol. The average Bonchev–Trinajstić information content (AvgIpc) is 2.34. The van der Waals surface area contributed by atoms with E-state index in [0.717, 1.165) is 31.6 Å². The van der Waals surface area contributed by atoms with Gasteiger partial charge in [-0.05, 0) is 30.0 Å². The Labute approximate surface area is 121 Å². The van der Waals surface area contributed by atoms with Crippen molar-refractivity contribution in [2.75, 3.05) is 19.6 Å². The number of benzene rings is 1. The predicted octanol–water partition coefficient (Wildman–Crippen LogP) is 3.48. The molecular formula is C16H23ClNO. The van der Waals surface area contributed by atoms with E-state index in [1.807, 2.05) is 24.3 Å². The first kappa shape index (κ1) is 14.8. The number of hydrogen-bond donors (Lipinski definition) is 1. The van der Waals surface area contributed by atoms with E-state index in [1.54, 1.807) is 0 Å². The van der Waals surface area contributed by atoms with Gasteiger partial charge >= 0.3 is 0 Å². The van der Waals surface area contributed by atoms with E-state index < -0.39 is 5.60 Å². The molecule has 0 aromatic heterocycles. The summed E-state index contributed by atoms with van der Waals surface area (Å²) in [5.74, 6) is 1.64. The number of piperidine rings is 1. The molecule has 1 aliphatic rings. The van der Waals surface area contributed by atoms with Crippen molar-refractivity contribution in [3.8, 4) is 0 Å². The van der Waals surface area contributed by atoms with Gasteiger partial charge in [-0.1, -0.05) is 44.5 Å². The molecule has 0 aliphatic carbocycles. The van der Waals surface area contributed by atoms with Gasteiger partial charge in [-0.3, -0.25) is 0 Å². The molecule has 3 heteroatoms. The Balaban J connectivity index is 2.11. The Kier molecular flexibility index (Phi) is 4.54. The summed E-state index contributed by atoms with van der Waals surface area (Å²) in [4.78, 5) is 2.42. The maximum Gasteiger partial charge on any atom is 0.0946 e. The molecule has 1 radical (unpaired) electrons. The largest absolute Gasteiger partial charge is 0.385 e. The maximum atomic E-state index is 11.0. The highest BCUT2D eigenvalue weighted by Crippen LogP contribution is 2.37. The Morgan fingerprint density at radius 3 is 2.53 bits per heavy atom. The first-order valence-corrected chi connectivity index (χ1v) is 7.29. The van der Waals surface area contributed by atoms with Gasteiger partial charge < -0.3 is 10.0 Å². The second kappa shape index (κ2) is 5.82. The number of hydrogen-bond acceptors (Lipinski definition) is 2. The number of rotatable bonds is 3. The van der Waals surface area contributed by atoms with Crippen molar-refractivity contribution in [1.82, 2.24) is 4.90 Å². The molecule has 0 bridgehead atoms. The first-order chi connectivity index (χ1) is 8.91. The summed E-state index contributed by atoms with van der Waals surface area (Å²) in [7, 11) is 0. The van der Waals surface area contributed by atoms with Crippen LogP contribution in [0.1, 0.15) is 32.8 Å². The number of aliphatic hydroxyl groups is 1. The molecule has 2 rings (SSSR count). The molecule has 1 N–H and O–H groups in total. The zero-order valence-corrected chi connectivity index (χ0v) is 12.7. The molecule has 2 nitrogen and oxygen atoms in total. The third-order valence-electron chi connectivity index (χ3n) is 4.04. The summed E-state index contributed by atoms with van der Waals surface area (Å²) in [5.41, 5.74) is 0.268. The van der Waals surface area contributed by atoms with Gasteiger partial charge in [0.05, 0.1) is 5.60 Å². The minimum absolute atomic E-state index is 0.224. The van der Waals surface area contributed by atoms with Crippen LogP contribution in [0.15, 0.2) is 24.3 Å². The Morgan fingerprint density at radius 1 is 1.37 bits per heavy atom. The monoisotopic (exact) mass is 280 g/mol. The van der Waals surface area contributed by atoms with Crippen molar-refractivity contribution >= 4 is 11.6 Å². The third kappa shape index (κ3) is 3.31. The van der Waals surface area contributed by atoms with Crippen LogP contribution in [0, 0.1) is 11.8 Å². The second-order valence-electron chi connectivity index (χ2n) is 6.02. The number of likely N-dealkylation sites (tertiary alicyclic amines) is 1. The molecule has 1 saturated heterocycles. The molecule has 19 heavy (non-hydrogen) atoms. The average molecular weight is 281 g/mol. The van der Waals surface area contributed by atoms with Crippen LogP contribution < -0.4 is 0 Å². The van der Waals surface area contributed by atoms with Gasteiger partial charge in [0.15, 0.2) is 0 Å². The Hall–Kier alpha value is -0.570. The summed E-state index contributed by atoms with van der Waals surface area (Å²) in [5, 5.41) is 11.7. The van der Waals surface area contributed by atoms with Crippen LogP contribution in [0.25, 0.3) is 0 Å². The van der Waals surface area contributed by atoms with E-state index in [0.29, 0.717) is 5.02 Å². The normalized spacial score (nSPS) is 28.8. The predicted molar refractivity (Wildman–Crippen MR) is 80.2 cm³/mol. The van der Waals surface area contributed by atoms with Crippen LogP contribution in [0.3, 0.4) is 0 Å². The summed E-state index contributed by atoms with van der Waals surface area (Å²) < 4.78 is 0. The van der Waals surface area contributed by atoms with Gasteiger partial charge in [-0.15, -0.1) is 0 Å². The van der Waals surface area contributed by atoms with E-state index in [9.17, 15) is 5.11 Å². The molecule has 1 aromatic rings. The van der Waals surface area contributed by atoms with Gasteiger partial charge in [0, 0.05) is 30.6 Å². The molecule has 0 amide bonds. The van der Waals surface area contributed by atoms with Crippen molar-refractivity contribution in [2.45, 2.75) is 32.8 Å². The fourth-order valence-corrected chi connectivity index (χ4v) is 3.09. The lowest BCUT2D eigenvalue weighted by atomic mass is 9.77. The van der Waals surface area contributed by atoms with Gasteiger partial charge in [-0.2, -0.15) is 0 Å². The molecule has 2 unspecified atom stereocenters. The fourth-order valence-electron chi connectivity index (χ4n) is 2.96. The molecule has 0 saturated carbocycles. The zero-order chi connectivity index (χ0) is 14.0. The zero-order valence-electron chi connectivity index (χ0n) is 12.0. The molecule has 1 heterocycles. The smallest absolute Gasteiger partial charge is 0.0946 e. The van der Waals surface area contributed by atoms with Crippen LogP contribution >= 0.6 is 11.6 Å². The molecule has 1 fully saturated rings. The number of halogens is 1. The minimum Gasteiger partial charge on any atom is -0.385 e. The van der Waals surface area contributed by atoms with E-state index in [2.05, 4.69) is 25.7 Å². The van der Waals surface area contributed by atoms with Gasteiger partial charge in [0.1, 0.15) is 0 Å². The van der Waals surface area contributed by atoms with Crippen molar-refractivity contribution in [3.63, 3.8) is 0 Å². The Morgan fingerprint density at radius 2 is 2.00 bits per heavy atom. The third-order valence-corrected chi connectivity index (χ3v) is 4.29. The van der Waals surface area contributed by atoms with Crippen LogP contribution in [0.2, 0.25) is 5.02 Å². The van der Waals surface area contributed by atoms with E-state index >= 15 is 0 Å². The van der Waals surface area contributed by atoms with E-state index in [-0.39, 0.29) is 5.92 Å². The lowest BCUT2D eigenvalue weighted by Crippen LogP contribution is -2.49. The summed E-state index contributed by atoms with van der Waals surface area (Å²) in [6.07, 6.45) is 0.781. The van der Waals surface area contributed by atoms with Crippen LogP contribution in [-0.4, -0.2) is 29.6 Å². The summed E-state index contributed by atoms with van der Waals surface area (Å²) in [6, 6.07) is 7.62. The van der Waals surface area contributed by atoms with Gasteiger partial charge in [0.25, 0.3) is 0 Å². The topological polar surface area (TPSA) is 23.5 Å². The van der Waals surface area contributed by atoms with Crippen molar-refractivity contribution < 1.29 is 5.11 Å². The molecule has 2 atom stereocenters. The van der Waals surface area contributed by atoms with E-state index in [1.165, 1.54) is 5.92 Å². The molecule has 1 aliphatic heterocycles. The highest BCUT2D eigenvalue weighted by atomic mass is 35.5. The molecule has 0 spiro atoms. The highest BCUT2D eigenvalue weighted by molar-refractivity contribution is 6.30. The maximum absolute atomic E-state index is 11.0. The minimum atomic E-state index is -0.720. The molecule has 105 valence electrons. The summed E-state index contributed by atoms with van der Waals surface area (Å²) >= 11 is 5.92. The lowest BCUT2D eigenvalue weighted by molar-refractivity contribution is -0.0701. The quantitative estimate of drug-likeness (QED) is 0.916. The second-order valence-corrected chi connectivity index (χ2v) is 6.46.